The van der Waals surface area contributed by atoms with E-state index in [2.05, 4.69) is 11.1 Å². The van der Waals surface area contributed by atoms with Crippen molar-refractivity contribution >= 4 is 23.1 Å². The molecule has 0 fully saturated rings. The third-order valence-electron chi connectivity index (χ3n) is 0.571. The molecule has 0 amide bonds. The van der Waals surface area contributed by atoms with Crippen LogP contribution in [0.25, 0.3) is 0 Å². The summed E-state index contributed by atoms with van der Waals surface area (Å²) in [5.41, 5.74) is 0. The Balaban J connectivity index is 0. The van der Waals surface area contributed by atoms with Crippen molar-refractivity contribution in [3.05, 3.63) is 30.3 Å². The summed E-state index contributed by atoms with van der Waals surface area (Å²) >= 11 is 0. The van der Waals surface area contributed by atoms with Crippen molar-refractivity contribution < 1.29 is 21.4 Å². The molecule has 0 unspecified atom stereocenters. The van der Waals surface area contributed by atoms with E-state index in [1.165, 1.54) is 12.3 Å². The van der Waals surface area contributed by atoms with E-state index in [0.717, 1.165) is 0 Å². The number of hydrogen-bond donors (Lipinski definition) is 0. The van der Waals surface area contributed by atoms with Gasteiger partial charge in [-0.2, -0.15) is 12.1 Å². The molecule has 0 bridgehead atoms. The van der Waals surface area contributed by atoms with Crippen molar-refractivity contribution in [1.82, 2.24) is 4.98 Å². The van der Waals surface area contributed by atoms with Gasteiger partial charge in [-0.25, -0.2) is 0 Å². The fourth-order valence-electron chi connectivity index (χ4n) is 0.306. The largest absolute Gasteiger partial charge is 2.00 e. The Hall–Kier alpha value is 0.326. The third-order valence-corrected chi connectivity index (χ3v) is 0.571. The van der Waals surface area contributed by atoms with Crippen molar-refractivity contribution in [2.24, 2.45) is 0 Å². The van der Waals surface area contributed by atoms with E-state index < -0.39 is 5.95 Å². The first kappa shape index (κ1) is 12.0. The molecule has 0 spiro atoms. The maximum absolute atomic E-state index is 11.8. The monoisotopic (exact) mass is 199 g/mol. The van der Waals surface area contributed by atoms with Crippen LogP contribution in [-0.4, -0.2) is 28.0 Å². The van der Waals surface area contributed by atoms with E-state index in [4.69, 9.17) is 0 Å². The summed E-state index contributed by atoms with van der Waals surface area (Å²) in [5.74, 6) is -0.484. The number of rotatable bonds is 0. The number of aromatic nitrogens is 1. The Bertz CT molecular complexity index is 147. The van der Waals surface area contributed by atoms with Gasteiger partial charge in [0.15, 0.2) is 0 Å². The van der Waals surface area contributed by atoms with E-state index in [9.17, 15) is 4.39 Å². The van der Waals surface area contributed by atoms with Crippen LogP contribution in [0.1, 0.15) is 0 Å². The Morgan fingerprint density at radius 2 is 2.22 bits per heavy atom. The molecular formula is C5H3BrFMgN. The topological polar surface area (TPSA) is 12.9 Å². The Kier molecular flexibility index (Phi) is 8.63. The Morgan fingerprint density at radius 3 is 2.44 bits per heavy atom. The van der Waals surface area contributed by atoms with Gasteiger partial charge in [-0.1, -0.05) is 6.20 Å². The number of hydrogen-bond acceptors (Lipinski definition) is 1. The summed E-state index contributed by atoms with van der Waals surface area (Å²) in [6, 6.07) is 5.25. The standard InChI is InChI=1S/C5H3FN.BrH.Mg/c6-5-3-1-2-4-7-5;;/h2-4H;1H;/q-1;;+2/p-1. The van der Waals surface area contributed by atoms with Crippen LogP contribution < -0.4 is 17.0 Å². The summed E-state index contributed by atoms with van der Waals surface area (Å²) in [5, 5.41) is 0. The van der Waals surface area contributed by atoms with Crippen LogP contribution in [0.2, 0.25) is 0 Å². The smallest absolute Gasteiger partial charge is 1.00 e. The fraction of sp³-hybridized carbons (Fsp3) is 0. The van der Waals surface area contributed by atoms with Crippen molar-refractivity contribution in [2.45, 2.75) is 0 Å². The second-order valence-electron chi connectivity index (χ2n) is 1.08. The van der Waals surface area contributed by atoms with Crippen LogP contribution in [0.5, 0.6) is 0 Å². The Morgan fingerprint density at radius 1 is 1.56 bits per heavy atom. The van der Waals surface area contributed by atoms with Gasteiger partial charge >= 0.3 is 23.1 Å². The number of halogens is 2. The molecule has 0 aromatic carbocycles. The first-order valence-corrected chi connectivity index (χ1v) is 1.87. The molecule has 0 aliphatic heterocycles. The average molecular weight is 200 g/mol. The molecule has 4 heteroatoms. The van der Waals surface area contributed by atoms with E-state index >= 15 is 0 Å². The van der Waals surface area contributed by atoms with Gasteiger partial charge in [0.05, 0.1) is 5.95 Å². The molecule has 1 heterocycles. The van der Waals surface area contributed by atoms with Crippen LogP contribution in [0.3, 0.4) is 0 Å². The molecule has 1 aromatic heterocycles. The van der Waals surface area contributed by atoms with E-state index in [0.29, 0.717) is 0 Å². The number of nitrogens with zero attached hydrogens (tertiary/aromatic N) is 1. The zero-order valence-electron chi connectivity index (χ0n) is 4.64. The minimum atomic E-state index is -0.484. The summed E-state index contributed by atoms with van der Waals surface area (Å²) in [7, 11) is 0. The van der Waals surface area contributed by atoms with Crippen LogP contribution in [0.4, 0.5) is 4.39 Å². The molecule has 44 valence electrons. The van der Waals surface area contributed by atoms with Gasteiger partial charge in [-0.3, -0.25) is 4.39 Å². The molecule has 0 saturated heterocycles. The molecule has 0 radical (unpaired) electrons. The van der Waals surface area contributed by atoms with E-state index in [1.54, 1.807) is 6.07 Å². The molecule has 0 aliphatic carbocycles. The second-order valence-corrected chi connectivity index (χ2v) is 1.08. The second kappa shape index (κ2) is 6.45. The van der Waals surface area contributed by atoms with Gasteiger partial charge in [0, 0.05) is 0 Å². The van der Waals surface area contributed by atoms with E-state index in [-0.39, 0.29) is 40.0 Å². The zero-order chi connectivity index (χ0) is 5.11. The first-order chi connectivity index (χ1) is 3.39. The van der Waals surface area contributed by atoms with Crippen molar-refractivity contribution in [2.75, 3.05) is 0 Å². The molecule has 1 rings (SSSR count). The summed E-state index contributed by atoms with van der Waals surface area (Å²) < 4.78 is 11.8. The van der Waals surface area contributed by atoms with Crippen LogP contribution in [-0.2, 0) is 0 Å². The van der Waals surface area contributed by atoms with Gasteiger partial charge in [0.1, 0.15) is 0 Å². The van der Waals surface area contributed by atoms with Crippen LogP contribution in [0.15, 0.2) is 18.3 Å². The van der Waals surface area contributed by atoms with E-state index in [1.807, 2.05) is 0 Å². The number of pyridine rings is 1. The predicted molar refractivity (Wildman–Crippen MR) is 28.8 cm³/mol. The van der Waals surface area contributed by atoms with Gasteiger partial charge in [-0.05, 0) is 0 Å². The minimum Gasteiger partial charge on any atom is -1.00 e. The average Bonchev–Trinajstić information content (AvgIpc) is 1.69. The van der Waals surface area contributed by atoms with Crippen LogP contribution >= 0.6 is 0 Å². The summed E-state index contributed by atoms with van der Waals surface area (Å²) in [6.45, 7) is 0. The molecule has 9 heavy (non-hydrogen) atoms. The third kappa shape index (κ3) is 4.81. The molecule has 1 aromatic rings. The Labute approximate surface area is 79.6 Å². The van der Waals surface area contributed by atoms with Crippen molar-refractivity contribution in [3.8, 4) is 0 Å². The zero-order valence-corrected chi connectivity index (χ0v) is 7.64. The minimum absolute atomic E-state index is 0. The SMILES string of the molecule is Fc1c[c-]ccn1.[Br-].[Mg+2]. The quantitative estimate of drug-likeness (QED) is 0.259. The molecule has 0 saturated carbocycles. The predicted octanol–water partition coefficient (Wildman–Crippen LogP) is -2.36. The van der Waals surface area contributed by atoms with Gasteiger partial charge in [0.2, 0.25) is 0 Å². The molecule has 0 aliphatic rings. The van der Waals surface area contributed by atoms with Crippen LogP contribution in [0, 0.1) is 12.0 Å². The molecule has 0 atom stereocenters. The summed E-state index contributed by atoms with van der Waals surface area (Å²) in [6.07, 6.45) is 1.36. The fourth-order valence-corrected chi connectivity index (χ4v) is 0.306. The van der Waals surface area contributed by atoms with Crippen molar-refractivity contribution in [1.29, 1.82) is 0 Å². The summed E-state index contributed by atoms with van der Waals surface area (Å²) in [4.78, 5) is 3.28. The maximum atomic E-state index is 11.8. The van der Waals surface area contributed by atoms with Gasteiger partial charge in [0.25, 0.3) is 0 Å². The molecular weight excluding hydrogens is 197 g/mol. The molecule has 1 nitrogen and oxygen atoms in total. The normalized spacial score (nSPS) is 6.78. The molecule has 0 N–H and O–H groups in total. The maximum Gasteiger partial charge on any atom is 2.00 e. The first-order valence-electron chi connectivity index (χ1n) is 1.87. The van der Waals surface area contributed by atoms with Gasteiger partial charge in [-0.15, -0.1) is 6.07 Å². The van der Waals surface area contributed by atoms with Crippen molar-refractivity contribution in [3.63, 3.8) is 0 Å². The van der Waals surface area contributed by atoms with Gasteiger partial charge < -0.3 is 22.0 Å².